The first-order valence-corrected chi connectivity index (χ1v) is 12.8. The van der Waals surface area contributed by atoms with Crippen LogP contribution < -0.4 is 21.5 Å². The average Bonchev–Trinajstić information content (AvgIpc) is 3.29. The number of nitrogens with two attached hydrogens (primary N) is 2. The number of aromatic nitrogens is 2. The Kier molecular flexibility index (Phi) is 8.31. The Bertz CT molecular complexity index is 1700. The van der Waals surface area contributed by atoms with Crippen LogP contribution >= 0.6 is 11.3 Å². The summed E-state index contributed by atoms with van der Waals surface area (Å²) in [5.41, 5.74) is 4.33. The number of hydrogen-bond donors (Lipinski definition) is 4. The molecular weight excluding hydrogens is 592 g/mol. The van der Waals surface area contributed by atoms with Gasteiger partial charge in [-0.05, 0) is 43.3 Å². The van der Waals surface area contributed by atoms with E-state index in [-0.39, 0.29) is 44.4 Å². The smallest absolute Gasteiger partial charge is 0.424 e. The summed E-state index contributed by atoms with van der Waals surface area (Å²) in [7, 11) is 0. The fourth-order valence-electron chi connectivity index (χ4n) is 4.04. The molecule has 0 saturated carbocycles. The van der Waals surface area contributed by atoms with Crippen LogP contribution in [0.15, 0.2) is 36.4 Å². The van der Waals surface area contributed by atoms with E-state index in [0.29, 0.717) is 18.2 Å². The molecule has 6 N–H and O–H groups in total. The topological polar surface area (TPSA) is 153 Å². The third kappa shape index (κ3) is 5.94. The highest BCUT2D eigenvalue weighted by Gasteiger charge is 2.56. The van der Waals surface area contributed by atoms with Crippen LogP contribution in [0, 0.1) is 17.5 Å². The van der Waals surface area contributed by atoms with Crippen LogP contribution in [0.25, 0.3) is 21.5 Å². The Labute approximate surface area is 237 Å². The molecule has 16 heteroatoms. The lowest BCUT2D eigenvalue weighted by Gasteiger charge is -2.31. The number of nitrogens with one attached hydrogen (secondary N) is 1. The summed E-state index contributed by atoms with van der Waals surface area (Å²) in [4.78, 5) is 32.2. The highest BCUT2D eigenvalue weighted by atomic mass is 32.1. The van der Waals surface area contributed by atoms with Crippen molar-refractivity contribution in [2.75, 3.05) is 18.9 Å². The minimum Gasteiger partial charge on any atom is -0.491 e. The van der Waals surface area contributed by atoms with Gasteiger partial charge in [-0.3, -0.25) is 9.59 Å². The molecule has 0 radical (unpaired) electrons. The fourth-order valence-corrected chi connectivity index (χ4v) is 4.83. The minimum absolute atomic E-state index is 0.00177. The first-order chi connectivity index (χ1) is 19.6. The summed E-state index contributed by atoms with van der Waals surface area (Å²) in [6.07, 6.45) is -6.17. The SMILES string of the molecule is CCOc1c(CC(N)=O)cc([C@@](O)(CNC(=O)c2cc(F)c3nc(N)sc3c2)C(F)(F)F)nc1-c1ccc(F)c(F)c1. The number of nitrogens with zero attached hydrogens (tertiary/aromatic N) is 2. The van der Waals surface area contributed by atoms with E-state index in [4.69, 9.17) is 16.2 Å². The van der Waals surface area contributed by atoms with Crippen molar-refractivity contribution in [2.45, 2.75) is 25.1 Å². The summed E-state index contributed by atoms with van der Waals surface area (Å²) < 4.78 is 91.1. The van der Waals surface area contributed by atoms with E-state index < -0.39 is 65.4 Å². The lowest BCUT2D eigenvalue weighted by Crippen LogP contribution is -2.51. The molecule has 2 amide bonds. The summed E-state index contributed by atoms with van der Waals surface area (Å²) in [6.45, 7) is -0.0806. The molecule has 0 unspecified atom stereocenters. The van der Waals surface area contributed by atoms with E-state index in [1.54, 1.807) is 0 Å². The number of alkyl halides is 3. The molecule has 2 aromatic heterocycles. The van der Waals surface area contributed by atoms with Gasteiger partial charge in [0, 0.05) is 16.7 Å². The zero-order chi connectivity index (χ0) is 31.0. The van der Waals surface area contributed by atoms with Crippen LogP contribution in [-0.4, -0.2) is 46.2 Å². The number of halogens is 6. The number of aliphatic hydroxyl groups is 1. The number of carbonyl (C=O) groups excluding carboxylic acids is 2. The van der Waals surface area contributed by atoms with Crippen molar-refractivity contribution in [3.05, 3.63) is 70.7 Å². The Morgan fingerprint density at radius 2 is 1.76 bits per heavy atom. The molecule has 1 atom stereocenters. The number of hydrogen-bond acceptors (Lipinski definition) is 8. The second kappa shape index (κ2) is 11.4. The molecule has 4 rings (SSSR count). The van der Waals surface area contributed by atoms with Gasteiger partial charge < -0.3 is 26.6 Å². The molecule has 0 fully saturated rings. The molecule has 0 bridgehead atoms. The quantitative estimate of drug-likeness (QED) is 0.209. The second-order valence-corrected chi connectivity index (χ2v) is 10.0. The van der Waals surface area contributed by atoms with Crippen molar-refractivity contribution in [1.29, 1.82) is 0 Å². The van der Waals surface area contributed by atoms with Crippen molar-refractivity contribution in [3.8, 4) is 17.0 Å². The van der Waals surface area contributed by atoms with Crippen molar-refractivity contribution in [1.82, 2.24) is 15.3 Å². The van der Waals surface area contributed by atoms with Gasteiger partial charge in [0.05, 0.1) is 30.0 Å². The summed E-state index contributed by atoms with van der Waals surface area (Å²) >= 11 is 0.843. The molecule has 9 nitrogen and oxygen atoms in total. The first-order valence-electron chi connectivity index (χ1n) is 12.0. The highest BCUT2D eigenvalue weighted by Crippen LogP contribution is 2.42. The second-order valence-electron chi connectivity index (χ2n) is 8.95. The van der Waals surface area contributed by atoms with Crippen LogP contribution in [0.1, 0.15) is 28.5 Å². The van der Waals surface area contributed by atoms with Crippen molar-refractivity contribution in [3.63, 3.8) is 0 Å². The normalized spacial score (nSPS) is 13.1. The van der Waals surface area contributed by atoms with Crippen LogP contribution in [0.3, 0.4) is 0 Å². The van der Waals surface area contributed by atoms with Gasteiger partial charge in [-0.15, -0.1) is 0 Å². The van der Waals surface area contributed by atoms with Crippen LogP contribution in [0.2, 0.25) is 0 Å². The van der Waals surface area contributed by atoms with E-state index in [9.17, 15) is 41.0 Å². The number of benzene rings is 2. The third-order valence-electron chi connectivity index (χ3n) is 6.02. The Morgan fingerprint density at radius 1 is 1.05 bits per heavy atom. The van der Waals surface area contributed by atoms with Crippen molar-refractivity contribution in [2.24, 2.45) is 5.73 Å². The number of primary amides is 1. The molecule has 222 valence electrons. The van der Waals surface area contributed by atoms with Gasteiger partial charge in [-0.25, -0.2) is 23.1 Å². The molecule has 0 saturated heterocycles. The third-order valence-corrected chi connectivity index (χ3v) is 6.85. The monoisotopic (exact) mass is 613 g/mol. The molecular formula is C26H21F6N5O4S. The average molecular weight is 614 g/mol. The molecule has 0 spiro atoms. The van der Waals surface area contributed by atoms with Gasteiger partial charge in [0.15, 0.2) is 22.6 Å². The van der Waals surface area contributed by atoms with Crippen LogP contribution in [0.5, 0.6) is 5.75 Å². The predicted molar refractivity (Wildman–Crippen MR) is 140 cm³/mol. The van der Waals surface area contributed by atoms with E-state index in [2.05, 4.69) is 9.97 Å². The summed E-state index contributed by atoms with van der Waals surface area (Å²) in [6, 6.07) is 4.96. The minimum atomic E-state index is -5.49. The number of ether oxygens (including phenoxy) is 1. The van der Waals surface area contributed by atoms with Crippen LogP contribution in [0.4, 0.5) is 31.5 Å². The molecule has 4 aromatic rings. The number of rotatable bonds is 9. The maximum Gasteiger partial charge on any atom is 0.424 e. The Hall–Kier alpha value is -4.44. The fraction of sp³-hybridized carbons (Fsp3) is 0.231. The Morgan fingerprint density at radius 3 is 2.38 bits per heavy atom. The summed E-state index contributed by atoms with van der Waals surface area (Å²) in [5.74, 6) is -5.99. The van der Waals surface area contributed by atoms with Crippen molar-refractivity contribution >= 4 is 38.5 Å². The molecule has 2 heterocycles. The number of thiazole rings is 1. The zero-order valence-corrected chi connectivity index (χ0v) is 22.3. The van der Waals surface area contributed by atoms with Gasteiger partial charge in [0.1, 0.15) is 17.0 Å². The maximum absolute atomic E-state index is 14.5. The molecule has 0 aliphatic carbocycles. The predicted octanol–water partition coefficient (Wildman–Crippen LogP) is 3.96. The maximum atomic E-state index is 14.5. The van der Waals surface area contributed by atoms with Gasteiger partial charge >= 0.3 is 6.18 Å². The van der Waals surface area contributed by atoms with E-state index in [1.807, 2.05) is 5.32 Å². The lowest BCUT2D eigenvalue weighted by atomic mass is 9.93. The van der Waals surface area contributed by atoms with E-state index in [1.165, 1.54) is 6.92 Å². The first kappa shape index (κ1) is 30.5. The van der Waals surface area contributed by atoms with Gasteiger partial charge in [-0.1, -0.05) is 11.3 Å². The summed E-state index contributed by atoms with van der Waals surface area (Å²) in [5, 5.41) is 12.9. The van der Waals surface area contributed by atoms with Gasteiger partial charge in [0.2, 0.25) is 11.5 Å². The molecule has 2 aromatic carbocycles. The van der Waals surface area contributed by atoms with E-state index >= 15 is 0 Å². The molecule has 0 aliphatic rings. The number of fused-ring (bicyclic) bond motifs is 1. The lowest BCUT2D eigenvalue weighted by molar-refractivity contribution is -0.265. The van der Waals surface area contributed by atoms with Gasteiger partial charge in [0.25, 0.3) is 5.91 Å². The zero-order valence-electron chi connectivity index (χ0n) is 21.5. The van der Waals surface area contributed by atoms with Gasteiger partial charge in [-0.2, -0.15) is 13.2 Å². The standard InChI is InChI=1S/C26H21F6N5O4S/c1-2-41-22-12(9-19(33)38)8-18(36-20(22)11-3-4-14(27)15(28)5-11)25(40,26(30,31)32)10-35-23(39)13-6-16(29)21-17(7-13)42-24(34)37-21/h3-8,40H,2,9-10H2,1H3,(H2,33,38)(H2,34,37)(H,35,39)/t25-/m0/s1. The number of carbonyl (C=O) groups is 2. The van der Waals surface area contributed by atoms with Crippen LogP contribution in [-0.2, 0) is 16.8 Å². The number of amides is 2. The Balaban J connectivity index is 1.82. The number of nitrogen functional groups attached to an aromatic ring is 1. The van der Waals surface area contributed by atoms with Crippen molar-refractivity contribution < 1.29 is 45.8 Å². The number of anilines is 1. The number of pyridine rings is 1. The molecule has 0 aliphatic heterocycles. The highest BCUT2D eigenvalue weighted by molar-refractivity contribution is 7.22. The molecule has 42 heavy (non-hydrogen) atoms. The largest absolute Gasteiger partial charge is 0.491 e. The van der Waals surface area contributed by atoms with E-state index in [0.717, 1.165) is 29.5 Å².